The molecule has 0 aromatic heterocycles. The summed E-state index contributed by atoms with van der Waals surface area (Å²) in [5.41, 5.74) is 0.0829. The van der Waals surface area contributed by atoms with E-state index in [4.69, 9.17) is 4.74 Å². The van der Waals surface area contributed by atoms with Crippen LogP contribution in [0.5, 0.6) is 5.75 Å². The number of rotatable bonds is 5. The van der Waals surface area contributed by atoms with Gasteiger partial charge in [0.2, 0.25) is 0 Å². The fourth-order valence-corrected chi connectivity index (χ4v) is 2.03. The van der Waals surface area contributed by atoms with Crippen LogP contribution in [0.3, 0.4) is 0 Å². The molecule has 0 radical (unpaired) electrons. The van der Waals surface area contributed by atoms with Crippen LogP contribution in [0.4, 0.5) is 8.78 Å². The summed E-state index contributed by atoms with van der Waals surface area (Å²) in [6.45, 7) is 6.05. The zero-order chi connectivity index (χ0) is 13.9. The molecule has 0 heterocycles. The Morgan fingerprint density at radius 3 is 1.94 bits per heavy atom. The largest absolute Gasteiger partial charge is 0.497 e. The highest BCUT2D eigenvalue weighted by Gasteiger charge is 2.26. The van der Waals surface area contributed by atoms with Crippen LogP contribution in [0.15, 0.2) is 12.1 Å². The lowest BCUT2D eigenvalue weighted by Crippen LogP contribution is -2.28. The average molecular weight is 257 g/mol. The molecule has 0 aliphatic heterocycles. The summed E-state index contributed by atoms with van der Waals surface area (Å²) in [6, 6.07) is 2.09. The van der Waals surface area contributed by atoms with Crippen LogP contribution >= 0.6 is 0 Å². The third-order valence-electron chi connectivity index (χ3n) is 3.49. The zero-order valence-corrected chi connectivity index (χ0v) is 11.6. The highest BCUT2D eigenvalue weighted by Crippen LogP contribution is 2.32. The quantitative estimate of drug-likeness (QED) is 0.871. The van der Waals surface area contributed by atoms with Crippen molar-refractivity contribution in [2.45, 2.75) is 26.8 Å². The molecule has 0 fully saturated rings. The van der Waals surface area contributed by atoms with E-state index in [1.165, 1.54) is 19.2 Å². The van der Waals surface area contributed by atoms with Crippen molar-refractivity contribution in [3.8, 4) is 5.75 Å². The molecule has 1 aromatic carbocycles. The summed E-state index contributed by atoms with van der Waals surface area (Å²) in [5, 5.41) is 3.00. The second kappa shape index (κ2) is 6.14. The molecule has 0 amide bonds. The second-order valence-corrected chi connectivity index (χ2v) is 4.87. The second-order valence-electron chi connectivity index (χ2n) is 4.87. The number of nitrogens with one attached hydrogen (secondary N) is 1. The molecule has 1 aromatic rings. The highest BCUT2D eigenvalue weighted by atomic mass is 19.1. The van der Waals surface area contributed by atoms with Gasteiger partial charge in [-0.25, -0.2) is 8.78 Å². The van der Waals surface area contributed by atoms with Crippen LogP contribution in [0.2, 0.25) is 0 Å². The first-order chi connectivity index (χ1) is 8.42. The molecule has 0 aliphatic rings. The van der Waals surface area contributed by atoms with Crippen molar-refractivity contribution in [2.24, 2.45) is 11.8 Å². The monoisotopic (exact) mass is 257 g/mol. The summed E-state index contributed by atoms with van der Waals surface area (Å²) < 4.78 is 32.8. The van der Waals surface area contributed by atoms with Gasteiger partial charge in [0.05, 0.1) is 7.11 Å². The molecule has 1 N–H and O–H groups in total. The lowest BCUT2D eigenvalue weighted by Gasteiger charge is -2.27. The molecule has 2 atom stereocenters. The molecule has 0 bridgehead atoms. The molecule has 18 heavy (non-hydrogen) atoms. The smallest absolute Gasteiger partial charge is 0.134 e. The predicted molar refractivity (Wildman–Crippen MR) is 68.7 cm³/mol. The van der Waals surface area contributed by atoms with Gasteiger partial charge in [-0.2, -0.15) is 0 Å². The van der Waals surface area contributed by atoms with Gasteiger partial charge in [0.15, 0.2) is 0 Å². The fraction of sp³-hybridized carbons (Fsp3) is 0.571. The minimum atomic E-state index is -0.571. The molecule has 4 heteroatoms. The number of hydrogen-bond acceptors (Lipinski definition) is 2. The van der Waals surface area contributed by atoms with Crippen molar-refractivity contribution < 1.29 is 13.5 Å². The maximum atomic E-state index is 14.0. The first kappa shape index (κ1) is 14.9. The van der Waals surface area contributed by atoms with Gasteiger partial charge >= 0.3 is 0 Å². The fourth-order valence-electron chi connectivity index (χ4n) is 2.03. The van der Waals surface area contributed by atoms with Crippen molar-refractivity contribution in [1.29, 1.82) is 0 Å². The minimum absolute atomic E-state index is 0.0829. The predicted octanol–water partition coefficient (Wildman–Crippen LogP) is 3.53. The lowest BCUT2D eigenvalue weighted by molar-refractivity contribution is 0.301. The first-order valence-corrected chi connectivity index (χ1v) is 6.12. The van der Waals surface area contributed by atoms with E-state index in [0.29, 0.717) is 5.92 Å². The maximum Gasteiger partial charge on any atom is 0.134 e. The number of methoxy groups -OCH3 is 1. The van der Waals surface area contributed by atoms with Crippen molar-refractivity contribution in [2.75, 3.05) is 14.2 Å². The van der Waals surface area contributed by atoms with E-state index >= 15 is 0 Å². The molecule has 0 spiro atoms. The van der Waals surface area contributed by atoms with Gasteiger partial charge in [0, 0.05) is 23.7 Å². The molecule has 0 aliphatic carbocycles. The van der Waals surface area contributed by atoms with Gasteiger partial charge in [-0.3, -0.25) is 0 Å². The summed E-state index contributed by atoms with van der Waals surface area (Å²) in [4.78, 5) is 0. The molecular formula is C14H21F2NO. The Hall–Kier alpha value is -1.16. The summed E-state index contributed by atoms with van der Waals surface area (Å²) in [6.07, 6.45) is 0. The Balaban J connectivity index is 3.21. The standard InChI is InChI=1S/C14H21F2NO/c1-8(2)9(3)14(17-4)13-11(15)6-10(18-5)7-12(13)16/h6-9,14,17H,1-5H3. The van der Waals surface area contributed by atoms with E-state index in [9.17, 15) is 8.78 Å². The molecule has 0 saturated heterocycles. The third-order valence-corrected chi connectivity index (χ3v) is 3.49. The van der Waals surface area contributed by atoms with Crippen LogP contribution in [-0.4, -0.2) is 14.2 Å². The van der Waals surface area contributed by atoms with Crippen LogP contribution in [0, 0.1) is 23.5 Å². The minimum Gasteiger partial charge on any atom is -0.497 e. The zero-order valence-electron chi connectivity index (χ0n) is 11.6. The maximum absolute atomic E-state index is 14.0. The average Bonchev–Trinajstić information content (AvgIpc) is 2.32. The number of benzene rings is 1. The number of halogens is 2. The van der Waals surface area contributed by atoms with E-state index in [1.807, 2.05) is 20.8 Å². The van der Waals surface area contributed by atoms with E-state index < -0.39 is 11.6 Å². The first-order valence-electron chi connectivity index (χ1n) is 6.12. The van der Waals surface area contributed by atoms with E-state index in [2.05, 4.69) is 5.32 Å². The SMILES string of the molecule is CNC(c1c(F)cc(OC)cc1F)C(C)C(C)C. The van der Waals surface area contributed by atoms with Gasteiger partial charge in [-0.15, -0.1) is 0 Å². The number of hydrogen-bond donors (Lipinski definition) is 1. The Morgan fingerprint density at radius 2 is 1.61 bits per heavy atom. The van der Waals surface area contributed by atoms with Crippen LogP contribution in [-0.2, 0) is 0 Å². The number of ether oxygens (including phenoxy) is 1. The highest BCUT2D eigenvalue weighted by molar-refractivity contribution is 5.32. The normalized spacial score (nSPS) is 14.7. The molecular weight excluding hydrogens is 236 g/mol. The molecule has 2 unspecified atom stereocenters. The Labute approximate surface area is 107 Å². The summed E-state index contributed by atoms with van der Waals surface area (Å²) in [7, 11) is 3.10. The van der Waals surface area contributed by atoms with Crippen molar-refractivity contribution in [1.82, 2.24) is 5.32 Å². The molecule has 0 saturated carbocycles. The van der Waals surface area contributed by atoms with Crippen LogP contribution < -0.4 is 10.1 Å². The Morgan fingerprint density at radius 1 is 1.11 bits per heavy atom. The van der Waals surface area contributed by atoms with Gasteiger partial charge in [0.1, 0.15) is 17.4 Å². The lowest BCUT2D eigenvalue weighted by atomic mass is 9.85. The molecule has 2 nitrogen and oxygen atoms in total. The van der Waals surface area contributed by atoms with Crippen LogP contribution in [0.1, 0.15) is 32.4 Å². The topological polar surface area (TPSA) is 21.3 Å². The van der Waals surface area contributed by atoms with Gasteiger partial charge in [-0.1, -0.05) is 20.8 Å². The van der Waals surface area contributed by atoms with Gasteiger partial charge in [0.25, 0.3) is 0 Å². The van der Waals surface area contributed by atoms with Crippen molar-refractivity contribution in [3.05, 3.63) is 29.3 Å². The van der Waals surface area contributed by atoms with E-state index in [0.717, 1.165) is 0 Å². The van der Waals surface area contributed by atoms with Crippen molar-refractivity contribution >= 4 is 0 Å². The van der Waals surface area contributed by atoms with Gasteiger partial charge < -0.3 is 10.1 Å². The van der Waals surface area contributed by atoms with E-state index in [-0.39, 0.29) is 23.3 Å². The van der Waals surface area contributed by atoms with Crippen molar-refractivity contribution in [3.63, 3.8) is 0 Å². The Kier molecular flexibility index (Phi) is 5.08. The van der Waals surface area contributed by atoms with Gasteiger partial charge in [-0.05, 0) is 18.9 Å². The summed E-state index contributed by atoms with van der Waals surface area (Å²) in [5.74, 6) is -0.506. The summed E-state index contributed by atoms with van der Waals surface area (Å²) >= 11 is 0. The van der Waals surface area contributed by atoms with Crippen LogP contribution in [0.25, 0.3) is 0 Å². The molecule has 102 valence electrons. The Bertz CT molecular complexity index is 384. The third kappa shape index (κ3) is 2.99. The van der Waals surface area contributed by atoms with E-state index in [1.54, 1.807) is 7.05 Å². The molecule has 1 rings (SSSR count).